The van der Waals surface area contributed by atoms with Gasteiger partial charge in [-0.1, -0.05) is 24.3 Å². The predicted octanol–water partition coefficient (Wildman–Crippen LogP) is 4.29. The fourth-order valence-corrected chi connectivity index (χ4v) is 5.89. The van der Waals surface area contributed by atoms with E-state index in [1.807, 2.05) is 30.5 Å². The molecule has 0 amide bonds. The number of nitrogens with zero attached hydrogens (tertiary/aromatic N) is 2. The number of aromatic amines is 1. The van der Waals surface area contributed by atoms with E-state index in [9.17, 15) is 8.42 Å². The molecule has 1 aliphatic rings. The van der Waals surface area contributed by atoms with E-state index < -0.39 is 9.84 Å². The Morgan fingerprint density at radius 3 is 2.63 bits per heavy atom. The van der Waals surface area contributed by atoms with Crippen molar-refractivity contribution >= 4 is 53.4 Å². The third-order valence-electron chi connectivity index (χ3n) is 5.40. The Labute approximate surface area is 182 Å². The van der Waals surface area contributed by atoms with Crippen LogP contribution < -0.4 is 4.90 Å². The molecule has 1 aliphatic heterocycles. The van der Waals surface area contributed by atoms with Crippen molar-refractivity contribution in [3.05, 3.63) is 64.8 Å². The van der Waals surface area contributed by atoms with Gasteiger partial charge in [0.2, 0.25) is 0 Å². The number of hydrogen-bond acceptors (Lipinski definition) is 5. The van der Waals surface area contributed by atoms with Crippen molar-refractivity contribution in [3.8, 4) is 0 Å². The SMILES string of the molecule is O=S(=O)(Cc1ccc2[nH]c3ncc(Br)c(N4CCOCC4)c3c2c1)c1ccccc1. The summed E-state index contributed by atoms with van der Waals surface area (Å²) in [5, 5.41) is 1.97. The molecule has 2 aromatic heterocycles. The lowest BCUT2D eigenvalue weighted by Gasteiger charge is -2.30. The average molecular weight is 486 g/mol. The first-order valence-electron chi connectivity index (χ1n) is 9.72. The lowest BCUT2D eigenvalue weighted by Crippen LogP contribution is -2.36. The van der Waals surface area contributed by atoms with Crippen LogP contribution in [0.1, 0.15) is 5.56 Å². The van der Waals surface area contributed by atoms with Gasteiger partial charge < -0.3 is 14.6 Å². The van der Waals surface area contributed by atoms with Gasteiger partial charge in [-0.25, -0.2) is 13.4 Å². The quantitative estimate of drug-likeness (QED) is 0.466. The first-order valence-corrected chi connectivity index (χ1v) is 12.2. The fraction of sp³-hybridized carbons (Fsp3) is 0.227. The molecular weight excluding hydrogens is 466 g/mol. The molecule has 0 spiro atoms. The number of nitrogens with one attached hydrogen (secondary N) is 1. The van der Waals surface area contributed by atoms with Crippen LogP contribution in [0.4, 0.5) is 5.69 Å². The van der Waals surface area contributed by atoms with E-state index in [0.717, 1.165) is 50.7 Å². The van der Waals surface area contributed by atoms with E-state index in [4.69, 9.17) is 4.74 Å². The summed E-state index contributed by atoms with van der Waals surface area (Å²) in [6, 6.07) is 14.3. The number of sulfone groups is 1. The highest BCUT2D eigenvalue weighted by molar-refractivity contribution is 9.10. The number of hydrogen-bond donors (Lipinski definition) is 1. The first kappa shape index (κ1) is 19.5. The van der Waals surface area contributed by atoms with E-state index in [-0.39, 0.29) is 5.75 Å². The van der Waals surface area contributed by atoms with Crippen LogP contribution in [-0.2, 0) is 20.3 Å². The van der Waals surface area contributed by atoms with E-state index >= 15 is 0 Å². The zero-order valence-electron chi connectivity index (χ0n) is 16.1. The van der Waals surface area contributed by atoms with Gasteiger partial charge in [0.1, 0.15) is 5.65 Å². The number of pyridine rings is 1. The minimum atomic E-state index is -3.42. The average Bonchev–Trinajstić information content (AvgIpc) is 3.13. The van der Waals surface area contributed by atoms with Gasteiger partial charge in [0.15, 0.2) is 9.84 Å². The number of ether oxygens (including phenoxy) is 1. The predicted molar refractivity (Wildman–Crippen MR) is 122 cm³/mol. The van der Waals surface area contributed by atoms with E-state index in [1.165, 1.54) is 0 Å². The van der Waals surface area contributed by atoms with Gasteiger partial charge in [0.05, 0.1) is 39.4 Å². The zero-order valence-corrected chi connectivity index (χ0v) is 18.5. The molecule has 0 atom stereocenters. The molecule has 8 heteroatoms. The Bertz CT molecular complexity index is 1330. The van der Waals surface area contributed by atoms with Crippen molar-refractivity contribution in [2.75, 3.05) is 31.2 Å². The Hall–Kier alpha value is -2.42. The molecule has 154 valence electrons. The second-order valence-corrected chi connectivity index (χ2v) is 10.2. The molecule has 6 nitrogen and oxygen atoms in total. The second-order valence-electron chi connectivity index (χ2n) is 7.35. The Morgan fingerprint density at radius 2 is 1.87 bits per heavy atom. The van der Waals surface area contributed by atoms with Gasteiger partial charge in [-0.05, 0) is 45.8 Å². The number of aromatic nitrogens is 2. The summed E-state index contributed by atoms with van der Waals surface area (Å²) >= 11 is 3.67. The van der Waals surface area contributed by atoms with Crippen LogP contribution in [0.2, 0.25) is 0 Å². The molecule has 3 heterocycles. The summed E-state index contributed by atoms with van der Waals surface area (Å²) in [5.41, 5.74) is 3.54. The van der Waals surface area contributed by atoms with Crippen LogP contribution in [0.5, 0.6) is 0 Å². The number of anilines is 1. The highest BCUT2D eigenvalue weighted by Gasteiger charge is 2.21. The summed E-state index contributed by atoms with van der Waals surface area (Å²) in [7, 11) is -3.42. The van der Waals surface area contributed by atoms with Gasteiger partial charge in [0, 0.05) is 30.2 Å². The zero-order chi connectivity index (χ0) is 20.7. The molecule has 0 aliphatic carbocycles. The maximum absolute atomic E-state index is 12.9. The normalized spacial score (nSPS) is 15.2. The van der Waals surface area contributed by atoms with Gasteiger partial charge in [-0.2, -0.15) is 0 Å². The molecule has 30 heavy (non-hydrogen) atoms. The van der Waals surface area contributed by atoms with Gasteiger partial charge in [-0.15, -0.1) is 0 Å². The van der Waals surface area contributed by atoms with E-state index in [2.05, 4.69) is 30.8 Å². The van der Waals surface area contributed by atoms with Crippen molar-refractivity contribution < 1.29 is 13.2 Å². The molecule has 5 rings (SSSR count). The highest BCUT2D eigenvalue weighted by atomic mass is 79.9. The smallest absolute Gasteiger partial charge is 0.182 e. The number of halogens is 1. The Balaban J connectivity index is 1.63. The standard InChI is InChI=1S/C22H20BrN3O3S/c23-18-13-24-22-20(21(18)26-8-10-29-11-9-26)17-12-15(6-7-19(17)25-22)14-30(27,28)16-4-2-1-3-5-16/h1-7,12-13H,8-11,14H2,(H,24,25). The third kappa shape index (κ3) is 3.49. The minimum Gasteiger partial charge on any atom is -0.378 e. The molecular formula is C22H20BrN3O3S. The van der Waals surface area contributed by atoms with Gasteiger partial charge in [-0.3, -0.25) is 0 Å². The molecule has 1 saturated heterocycles. The Kier molecular flexibility index (Phi) is 5.00. The lowest BCUT2D eigenvalue weighted by molar-refractivity contribution is 0.123. The van der Waals surface area contributed by atoms with Crippen LogP contribution >= 0.6 is 15.9 Å². The maximum atomic E-state index is 12.9. The Morgan fingerprint density at radius 1 is 1.10 bits per heavy atom. The fourth-order valence-electron chi connectivity index (χ4n) is 3.98. The summed E-state index contributed by atoms with van der Waals surface area (Å²) in [4.78, 5) is 10.5. The molecule has 0 saturated carbocycles. The van der Waals surface area contributed by atoms with Crippen LogP contribution in [0.25, 0.3) is 21.9 Å². The van der Waals surface area contributed by atoms with E-state index in [0.29, 0.717) is 18.1 Å². The van der Waals surface area contributed by atoms with Crippen molar-refractivity contribution in [1.29, 1.82) is 0 Å². The van der Waals surface area contributed by atoms with Crippen molar-refractivity contribution in [3.63, 3.8) is 0 Å². The van der Waals surface area contributed by atoms with Crippen LogP contribution in [0, 0.1) is 0 Å². The van der Waals surface area contributed by atoms with Gasteiger partial charge in [0.25, 0.3) is 0 Å². The molecule has 0 radical (unpaired) electrons. The number of morpholine rings is 1. The highest BCUT2D eigenvalue weighted by Crippen LogP contribution is 2.38. The number of H-pyrrole nitrogens is 1. The van der Waals surface area contributed by atoms with Crippen molar-refractivity contribution in [2.24, 2.45) is 0 Å². The van der Waals surface area contributed by atoms with Gasteiger partial charge >= 0.3 is 0 Å². The first-order chi connectivity index (χ1) is 14.5. The van der Waals surface area contributed by atoms with Crippen molar-refractivity contribution in [2.45, 2.75) is 10.6 Å². The van der Waals surface area contributed by atoms with Crippen LogP contribution in [-0.4, -0.2) is 44.7 Å². The molecule has 1 fully saturated rings. The van der Waals surface area contributed by atoms with Crippen LogP contribution in [0.3, 0.4) is 0 Å². The summed E-state index contributed by atoms with van der Waals surface area (Å²) in [6.07, 6.45) is 1.81. The minimum absolute atomic E-state index is 0.0477. The maximum Gasteiger partial charge on any atom is 0.182 e. The summed E-state index contributed by atoms with van der Waals surface area (Å²) in [6.45, 7) is 2.96. The molecule has 1 N–H and O–H groups in total. The lowest BCUT2D eigenvalue weighted by atomic mass is 10.1. The topological polar surface area (TPSA) is 75.3 Å². The number of rotatable bonds is 4. The summed E-state index contributed by atoms with van der Waals surface area (Å²) in [5.74, 6) is -0.0477. The molecule has 0 unspecified atom stereocenters. The molecule has 2 aromatic carbocycles. The monoisotopic (exact) mass is 485 g/mol. The molecule has 0 bridgehead atoms. The molecule has 4 aromatic rings. The number of fused-ring (bicyclic) bond motifs is 3. The van der Waals surface area contributed by atoms with Crippen LogP contribution in [0.15, 0.2) is 64.1 Å². The van der Waals surface area contributed by atoms with E-state index in [1.54, 1.807) is 24.3 Å². The van der Waals surface area contributed by atoms with Crippen molar-refractivity contribution in [1.82, 2.24) is 9.97 Å². The third-order valence-corrected chi connectivity index (χ3v) is 7.68. The summed E-state index contributed by atoms with van der Waals surface area (Å²) < 4.78 is 32.1. The number of benzene rings is 2. The largest absolute Gasteiger partial charge is 0.378 e. The second kappa shape index (κ2) is 7.68.